The number of likely N-dealkylation sites (N-methyl/N-ethyl adjacent to an activating group) is 1. The minimum atomic E-state index is -0.0228. The first-order valence-corrected chi connectivity index (χ1v) is 10.9. The summed E-state index contributed by atoms with van der Waals surface area (Å²) in [6.07, 6.45) is 0. The molecule has 0 radical (unpaired) electrons. The SMILES string of the molecule is CCN1C(=O)/C(=C(\C)c2ccc(N)cc2)S/C1=N/c1nc(-c2ccccc2)cs1. The van der Waals surface area contributed by atoms with Crippen LogP contribution in [0.15, 0.2) is 69.9 Å². The zero-order chi connectivity index (χ0) is 20.4. The molecule has 2 heterocycles. The molecule has 0 aliphatic carbocycles. The van der Waals surface area contributed by atoms with Gasteiger partial charge in [-0.05, 0) is 48.9 Å². The molecule has 0 atom stereocenters. The summed E-state index contributed by atoms with van der Waals surface area (Å²) in [4.78, 5) is 24.7. The highest BCUT2D eigenvalue weighted by molar-refractivity contribution is 8.18. The quantitative estimate of drug-likeness (QED) is 0.453. The van der Waals surface area contributed by atoms with Crippen LogP contribution in [0, 0.1) is 0 Å². The lowest BCUT2D eigenvalue weighted by molar-refractivity contribution is -0.122. The van der Waals surface area contributed by atoms with E-state index < -0.39 is 0 Å². The molecule has 4 rings (SSSR count). The molecule has 2 aromatic carbocycles. The Hall–Kier alpha value is -2.90. The molecular formula is C22H20N4OS2. The maximum atomic E-state index is 13.0. The summed E-state index contributed by atoms with van der Waals surface area (Å²) in [6, 6.07) is 17.6. The number of aromatic nitrogens is 1. The number of allylic oxidation sites excluding steroid dienone is 1. The number of carbonyl (C=O) groups excluding carboxylic acids is 1. The molecule has 5 nitrogen and oxygen atoms in total. The first kappa shape index (κ1) is 19.4. The zero-order valence-corrected chi connectivity index (χ0v) is 17.8. The van der Waals surface area contributed by atoms with Crippen molar-refractivity contribution in [3.63, 3.8) is 0 Å². The van der Waals surface area contributed by atoms with Crippen molar-refractivity contribution in [1.29, 1.82) is 0 Å². The largest absolute Gasteiger partial charge is 0.399 e. The number of carbonyl (C=O) groups is 1. The molecule has 3 aromatic rings. The number of amides is 1. The number of nitrogens with two attached hydrogens (primary N) is 1. The van der Waals surface area contributed by atoms with E-state index in [1.807, 2.05) is 73.8 Å². The minimum Gasteiger partial charge on any atom is -0.399 e. The predicted molar refractivity (Wildman–Crippen MR) is 123 cm³/mol. The number of rotatable bonds is 4. The van der Waals surface area contributed by atoms with E-state index in [4.69, 9.17) is 5.73 Å². The summed E-state index contributed by atoms with van der Waals surface area (Å²) in [6.45, 7) is 4.46. The lowest BCUT2D eigenvalue weighted by Gasteiger charge is -2.11. The lowest BCUT2D eigenvalue weighted by atomic mass is 10.1. The van der Waals surface area contributed by atoms with E-state index >= 15 is 0 Å². The van der Waals surface area contributed by atoms with Gasteiger partial charge in [0.1, 0.15) is 0 Å². The van der Waals surface area contributed by atoms with Crippen LogP contribution in [0.1, 0.15) is 19.4 Å². The second-order valence-electron chi connectivity index (χ2n) is 6.50. The summed E-state index contributed by atoms with van der Waals surface area (Å²) in [5, 5.41) is 3.29. The van der Waals surface area contributed by atoms with Crippen LogP contribution in [0.2, 0.25) is 0 Å². The molecule has 29 heavy (non-hydrogen) atoms. The highest BCUT2D eigenvalue weighted by Gasteiger charge is 2.34. The normalized spacial score (nSPS) is 17.2. The van der Waals surface area contributed by atoms with E-state index in [9.17, 15) is 4.79 Å². The maximum absolute atomic E-state index is 13.0. The Bertz CT molecular complexity index is 1100. The van der Waals surface area contributed by atoms with Crippen LogP contribution in [0.4, 0.5) is 10.8 Å². The van der Waals surface area contributed by atoms with Crippen LogP contribution >= 0.6 is 23.1 Å². The number of nitrogen functional groups attached to an aromatic ring is 1. The van der Waals surface area contributed by atoms with Crippen molar-refractivity contribution in [2.45, 2.75) is 13.8 Å². The van der Waals surface area contributed by atoms with Gasteiger partial charge in [0.2, 0.25) is 5.13 Å². The molecule has 0 bridgehead atoms. The van der Waals surface area contributed by atoms with Gasteiger partial charge in [-0.25, -0.2) is 4.98 Å². The van der Waals surface area contributed by atoms with Gasteiger partial charge in [-0.1, -0.05) is 42.5 Å². The maximum Gasteiger partial charge on any atom is 0.267 e. The average molecular weight is 421 g/mol. The van der Waals surface area contributed by atoms with Gasteiger partial charge < -0.3 is 5.73 Å². The molecule has 1 saturated heterocycles. The highest BCUT2D eigenvalue weighted by Crippen LogP contribution is 2.38. The number of hydrogen-bond acceptors (Lipinski definition) is 6. The third kappa shape index (κ3) is 3.97. The second kappa shape index (κ2) is 8.23. The van der Waals surface area contributed by atoms with Gasteiger partial charge in [-0.15, -0.1) is 11.3 Å². The van der Waals surface area contributed by atoms with Crippen LogP contribution in [0.3, 0.4) is 0 Å². The molecule has 0 spiro atoms. The van der Waals surface area contributed by atoms with Gasteiger partial charge in [0.15, 0.2) is 5.17 Å². The number of benzene rings is 2. The average Bonchev–Trinajstić information content (AvgIpc) is 3.33. The van der Waals surface area contributed by atoms with Gasteiger partial charge in [0.05, 0.1) is 10.6 Å². The molecule has 1 aromatic heterocycles. The first-order chi connectivity index (χ1) is 14.1. The molecule has 2 N–H and O–H groups in total. The van der Waals surface area contributed by atoms with Gasteiger partial charge in [0.25, 0.3) is 5.91 Å². The molecule has 1 aliphatic heterocycles. The fraction of sp³-hybridized carbons (Fsp3) is 0.136. The molecule has 0 saturated carbocycles. The van der Waals surface area contributed by atoms with E-state index in [0.29, 0.717) is 27.4 Å². The van der Waals surface area contributed by atoms with Gasteiger partial charge in [-0.3, -0.25) is 9.69 Å². The summed E-state index contributed by atoms with van der Waals surface area (Å²) in [7, 11) is 0. The molecule has 1 aliphatic rings. The topological polar surface area (TPSA) is 71.6 Å². The third-order valence-electron chi connectivity index (χ3n) is 4.62. The van der Waals surface area contributed by atoms with Crippen LogP contribution in [-0.2, 0) is 4.79 Å². The molecule has 0 unspecified atom stereocenters. The Morgan fingerprint density at radius 3 is 2.55 bits per heavy atom. The van der Waals surface area contributed by atoms with Crippen molar-refractivity contribution in [1.82, 2.24) is 9.88 Å². The molecule has 7 heteroatoms. The van der Waals surface area contributed by atoms with Crippen LogP contribution in [0.5, 0.6) is 0 Å². The number of nitrogens with zero attached hydrogens (tertiary/aromatic N) is 3. The fourth-order valence-electron chi connectivity index (χ4n) is 3.00. The molecule has 146 valence electrons. The van der Waals surface area contributed by atoms with Crippen molar-refractivity contribution in [2.75, 3.05) is 12.3 Å². The Morgan fingerprint density at radius 1 is 1.14 bits per heavy atom. The van der Waals surface area contributed by atoms with Crippen molar-refractivity contribution in [3.05, 3.63) is 70.4 Å². The van der Waals surface area contributed by atoms with Crippen LogP contribution in [-0.4, -0.2) is 27.5 Å². The third-order valence-corrected chi connectivity index (χ3v) is 6.53. The number of hydrogen-bond donors (Lipinski definition) is 1. The molecule has 1 fully saturated rings. The van der Waals surface area contributed by atoms with Gasteiger partial charge >= 0.3 is 0 Å². The summed E-state index contributed by atoms with van der Waals surface area (Å²) < 4.78 is 0. The van der Waals surface area contributed by atoms with Crippen LogP contribution < -0.4 is 5.73 Å². The van der Waals surface area contributed by atoms with Crippen molar-refractivity contribution in [3.8, 4) is 11.3 Å². The summed E-state index contributed by atoms with van der Waals surface area (Å²) in [5.41, 5.74) is 10.3. The first-order valence-electron chi connectivity index (χ1n) is 9.23. The van der Waals surface area contributed by atoms with Crippen LogP contribution in [0.25, 0.3) is 16.8 Å². The molecule has 1 amide bonds. The van der Waals surface area contributed by atoms with E-state index in [0.717, 1.165) is 22.4 Å². The van der Waals surface area contributed by atoms with Gasteiger partial charge in [0, 0.05) is 23.2 Å². The van der Waals surface area contributed by atoms with Crippen molar-refractivity contribution in [2.24, 2.45) is 4.99 Å². The predicted octanol–water partition coefficient (Wildman–Crippen LogP) is 5.41. The van der Waals surface area contributed by atoms with E-state index in [1.54, 1.807) is 4.90 Å². The zero-order valence-electron chi connectivity index (χ0n) is 16.1. The summed E-state index contributed by atoms with van der Waals surface area (Å²) >= 11 is 2.87. The number of amidine groups is 1. The van der Waals surface area contributed by atoms with E-state index in [1.165, 1.54) is 23.1 Å². The number of thioether (sulfide) groups is 1. The minimum absolute atomic E-state index is 0.0228. The fourth-order valence-corrected chi connectivity index (χ4v) is 4.86. The second-order valence-corrected chi connectivity index (χ2v) is 8.32. The smallest absolute Gasteiger partial charge is 0.267 e. The van der Waals surface area contributed by atoms with E-state index in [2.05, 4.69) is 9.98 Å². The van der Waals surface area contributed by atoms with E-state index in [-0.39, 0.29) is 5.91 Å². The van der Waals surface area contributed by atoms with Crippen molar-refractivity contribution < 1.29 is 4.79 Å². The van der Waals surface area contributed by atoms with Crippen molar-refractivity contribution >= 4 is 50.6 Å². The Morgan fingerprint density at radius 2 is 1.86 bits per heavy atom. The van der Waals surface area contributed by atoms with Gasteiger partial charge in [-0.2, -0.15) is 4.99 Å². The molecular weight excluding hydrogens is 400 g/mol. The Labute approximate surface area is 178 Å². The Balaban J connectivity index is 1.66. The number of aliphatic imine (C=N–C) groups is 1. The summed E-state index contributed by atoms with van der Waals surface area (Å²) in [5.74, 6) is -0.0228. The number of thiazole rings is 1. The Kier molecular flexibility index (Phi) is 5.51. The number of anilines is 1. The highest BCUT2D eigenvalue weighted by atomic mass is 32.2. The lowest BCUT2D eigenvalue weighted by Crippen LogP contribution is -2.28. The standard InChI is InChI=1S/C22H20N4OS2/c1-3-26-20(27)19(14(2)15-9-11-17(23)12-10-15)29-22(26)25-21-24-18(13-28-21)16-7-5-4-6-8-16/h4-13H,3,23H2,1-2H3/b19-14-,25-22+. The monoisotopic (exact) mass is 420 g/mol.